The Hall–Kier alpha value is -4.31. The van der Waals surface area contributed by atoms with Crippen molar-refractivity contribution in [1.29, 1.82) is 0 Å². The molecule has 3 heterocycles. The molecule has 0 aliphatic carbocycles. The third-order valence-corrected chi connectivity index (χ3v) is 6.77. The van der Waals surface area contributed by atoms with Gasteiger partial charge < -0.3 is 4.90 Å². The molecular formula is C32H28N4. The van der Waals surface area contributed by atoms with E-state index in [1.807, 2.05) is 6.92 Å². The second kappa shape index (κ2) is 9.04. The number of aryl methyl sites for hydroxylation is 3. The Balaban J connectivity index is 1.54. The topological polar surface area (TPSA) is 41.9 Å². The van der Waals surface area contributed by atoms with Crippen LogP contribution in [0.5, 0.6) is 0 Å². The van der Waals surface area contributed by atoms with Gasteiger partial charge in [0, 0.05) is 50.3 Å². The molecule has 0 N–H and O–H groups in total. The molecule has 0 bridgehead atoms. The van der Waals surface area contributed by atoms with Crippen molar-refractivity contribution in [3.05, 3.63) is 108 Å². The number of benzene rings is 3. The minimum Gasteiger partial charge on any atom is -0.310 e. The first-order valence-corrected chi connectivity index (χ1v) is 12.6. The molecule has 0 fully saturated rings. The monoisotopic (exact) mass is 468 g/mol. The molecule has 0 amide bonds. The van der Waals surface area contributed by atoms with Gasteiger partial charge in [-0.25, -0.2) is 0 Å². The van der Waals surface area contributed by atoms with Crippen LogP contribution in [-0.4, -0.2) is 15.0 Å². The summed E-state index contributed by atoms with van der Waals surface area (Å²) in [5, 5.41) is 3.37. The lowest BCUT2D eigenvalue weighted by Crippen LogP contribution is -2.10. The summed E-state index contributed by atoms with van der Waals surface area (Å²) in [4.78, 5) is 16.6. The van der Waals surface area contributed by atoms with Crippen molar-refractivity contribution >= 4 is 49.8 Å². The number of nitrogens with zero attached hydrogens (tertiary/aromatic N) is 4. The quantitative estimate of drug-likeness (QED) is 0.255. The van der Waals surface area contributed by atoms with Gasteiger partial charge >= 0.3 is 0 Å². The van der Waals surface area contributed by atoms with E-state index in [-0.39, 0.29) is 0 Å². The van der Waals surface area contributed by atoms with Gasteiger partial charge in [0.2, 0.25) is 0 Å². The zero-order valence-corrected chi connectivity index (χ0v) is 20.9. The molecule has 0 saturated heterocycles. The standard InChI is InChI=1S/C32H28N4/c1-4-25-10-8-23-19-28(13-16-31(23)34-25)36(27-12-15-30-22(18-27)7-6-21(3)33-30)29-14-17-32-24(20-29)9-11-26(5-2)35-32/h6-20H,4-5H2,1-3H3. The van der Waals surface area contributed by atoms with Gasteiger partial charge in [0.1, 0.15) is 0 Å². The van der Waals surface area contributed by atoms with E-state index in [4.69, 9.17) is 15.0 Å². The molecule has 0 radical (unpaired) electrons. The zero-order valence-electron chi connectivity index (χ0n) is 20.9. The van der Waals surface area contributed by atoms with Crippen molar-refractivity contribution in [3.63, 3.8) is 0 Å². The van der Waals surface area contributed by atoms with Crippen LogP contribution < -0.4 is 4.90 Å². The molecule has 0 spiro atoms. The van der Waals surface area contributed by atoms with Gasteiger partial charge in [-0.2, -0.15) is 0 Å². The Morgan fingerprint density at radius 3 is 1.36 bits per heavy atom. The van der Waals surface area contributed by atoms with Crippen LogP contribution >= 0.6 is 0 Å². The van der Waals surface area contributed by atoms with Crippen LogP contribution in [0, 0.1) is 6.92 Å². The number of anilines is 3. The van der Waals surface area contributed by atoms with E-state index in [2.05, 4.69) is 110 Å². The lowest BCUT2D eigenvalue weighted by molar-refractivity contribution is 1.06. The Kier molecular flexibility index (Phi) is 5.57. The zero-order chi connectivity index (χ0) is 24.6. The van der Waals surface area contributed by atoms with Gasteiger partial charge in [0.15, 0.2) is 0 Å². The predicted octanol–water partition coefficient (Wildman–Crippen LogP) is 8.23. The summed E-state index contributed by atoms with van der Waals surface area (Å²) in [7, 11) is 0. The van der Waals surface area contributed by atoms with Gasteiger partial charge in [-0.05, 0) is 92.6 Å². The lowest BCUT2D eigenvalue weighted by Gasteiger charge is -2.26. The van der Waals surface area contributed by atoms with Crippen LogP contribution in [0.25, 0.3) is 32.7 Å². The van der Waals surface area contributed by atoms with E-state index in [0.29, 0.717) is 0 Å². The Morgan fingerprint density at radius 2 is 0.917 bits per heavy atom. The van der Waals surface area contributed by atoms with Gasteiger partial charge in [-0.3, -0.25) is 15.0 Å². The first-order valence-electron chi connectivity index (χ1n) is 12.6. The van der Waals surface area contributed by atoms with E-state index in [1.54, 1.807) is 0 Å². The molecule has 3 aromatic carbocycles. The van der Waals surface area contributed by atoms with Crippen molar-refractivity contribution < 1.29 is 0 Å². The van der Waals surface area contributed by atoms with Crippen LogP contribution in [0.1, 0.15) is 30.9 Å². The molecule has 6 aromatic rings. The molecule has 4 nitrogen and oxygen atoms in total. The molecule has 36 heavy (non-hydrogen) atoms. The second-order valence-electron chi connectivity index (χ2n) is 9.23. The molecular weight excluding hydrogens is 440 g/mol. The fourth-order valence-corrected chi connectivity index (χ4v) is 4.78. The van der Waals surface area contributed by atoms with E-state index in [1.165, 1.54) is 0 Å². The number of aromatic nitrogens is 3. The molecule has 3 aromatic heterocycles. The van der Waals surface area contributed by atoms with Gasteiger partial charge in [0.05, 0.1) is 16.6 Å². The van der Waals surface area contributed by atoms with Crippen LogP contribution in [0.3, 0.4) is 0 Å². The minimum atomic E-state index is 0.930. The van der Waals surface area contributed by atoms with Crippen LogP contribution in [0.2, 0.25) is 0 Å². The SMILES string of the molecule is CCc1ccc2cc(N(c3ccc4nc(C)ccc4c3)c3ccc4nc(CC)ccc4c3)ccc2n1. The highest BCUT2D eigenvalue weighted by atomic mass is 15.1. The first-order chi connectivity index (χ1) is 17.6. The average Bonchev–Trinajstić information content (AvgIpc) is 2.92. The fourth-order valence-electron chi connectivity index (χ4n) is 4.78. The molecule has 0 aliphatic heterocycles. The Labute approximate surface area is 211 Å². The predicted molar refractivity (Wildman–Crippen MR) is 151 cm³/mol. The van der Waals surface area contributed by atoms with E-state index in [9.17, 15) is 0 Å². The van der Waals surface area contributed by atoms with E-state index < -0.39 is 0 Å². The number of rotatable bonds is 5. The number of hydrogen-bond donors (Lipinski definition) is 0. The summed E-state index contributed by atoms with van der Waals surface area (Å²) in [6.45, 7) is 6.30. The minimum absolute atomic E-state index is 0.930. The molecule has 4 heteroatoms. The fraction of sp³-hybridized carbons (Fsp3) is 0.156. The van der Waals surface area contributed by atoms with Crippen molar-refractivity contribution in [2.24, 2.45) is 0 Å². The maximum Gasteiger partial charge on any atom is 0.0706 e. The smallest absolute Gasteiger partial charge is 0.0706 e. The molecule has 0 unspecified atom stereocenters. The van der Waals surface area contributed by atoms with E-state index >= 15 is 0 Å². The largest absolute Gasteiger partial charge is 0.310 e. The van der Waals surface area contributed by atoms with Crippen molar-refractivity contribution in [2.75, 3.05) is 4.90 Å². The molecule has 6 rings (SSSR count). The van der Waals surface area contributed by atoms with Crippen LogP contribution in [0.4, 0.5) is 17.1 Å². The van der Waals surface area contributed by atoms with Gasteiger partial charge in [-0.1, -0.05) is 32.0 Å². The summed E-state index contributed by atoms with van der Waals surface area (Å²) in [6.07, 6.45) is 1.86. The summed E-state index contributed by atoms with van der Waals surface area (Å²) in [6, 6.07) is 32.3. The highest BCUT2D eigenvalue weighted by Gasteiger charge is 2.15. The summed E-state index contributed by atoms with van der Waals surface area (Å²) in [5.74, 6) is 0. The lowest BCUT2D eigenvalue weighted by atomic mass is 10.1. The van der Waals surface area contributed by atoms with Crippen LogP contribution in [0.15, 0.2) is 91.0 Å². The molecule has 0 saturated carbocycles. The van der Waals surface area contributed by atoms with E-state index in [0.717, 1.165) is 79.7 Å². The van der Waals surface area contributed by atoms with Crippen LogP contribution in [-0.2, 0) is 12.8 Å². The summed E-state index contributed by atoms with van der Waals surface area (Å²) >= 11 is 0. The summed E-state index contributed by atoms with van der Waals surface area (Å²) < 4.78 is 0. The van der Waals surface area contributed by atoms with Crippen molar-refractivity contribution in [2.45, 2.75) is 33.6 Å². The third-order valence-electron chi connectivity index (χ3n) is 6.77. The van der Waals surface area contributed by atoms with Gasteiger partial charge in [-0.15, -0.1) is 0 Å². The first kappa shape index (κ1) is 22.2. The number of pyridine rings is 3. The maximum absolute atomic E-state index is 4.81. The third kappa shape index (κ3) is 4.05. The number of hydrogen-bond acceptors (Lipinski definition) is 4. The van der Waals surface area contributed by atoms with Crippen molar-refractivity contribution in [3.8, 4) is 0 Å². The highest BCUT2D eigenvalue weighted by Crippen LogP contribution is 2.38. The normalized spacial score (nSPS) is 11.4. The maximum atomic E-state index is 4.81. The average molecular weight is 469 g/mol. The Bertz CT molecular complexity index is 1650. The number of fused-ring (bicyclic) bond motifs is 3. The second-order valence-corrected chi connectivity index (χ2v) is 9.23. The highest BCUT2D eigenvalue weighted by molar-refractivity contribution is 5.93. The molecule has 0 aliphatic rings. The molecule has 176 valence electrons. The molecule has 0 atom stereocenters. The summed E-state index contributed by atoms with van der Waals surface area (Å²) in [5.41, 5.74) is 9.55. The van der Waals surface area contributed by atoms with Crippen molar-refractivity contribution in [1.82, 2.24) is 15.0 Å². The Morgan fingerprint density at radius 1 is 0.500 bits per heavy atom. The van der Waals surface area contributed by atoms with Gasteiger partial charge in [0.25, 0.3) is 0 Å².